The summed E-state index contributed by atoms with van der Waals surface area (Å²) in [6, 6.07) is 7.50. The Balaban J connectivity index is 1.76. The Morgan fingerprint density at radius 2 is 2.00 bits per heavy atom. The van der Waals surface area contributed by atoms with Gasteiger partial charge in [-0.15, -0.1) is 10.2 Å². The molecule has 0 spiro atoms. The highest BCUT2D eigenvalue weighted by molar-refractivity contribution is 9.10. The Morgan fingerprint density at radius 1 is 1.17 bits per heavy atom. The second-order valence-corrected chi connectivity index (χ2v) is 6.48. The maximum absolute atomic E-state index is 5.66. The number of thioether (sulfide) groups is 1. The minimum Gasteiger partial charge on any atom is -0.496 e. The fourth-order valence-corrected chi connectivity index (χ4v) is 3.28. The van der Waals surface area contributed by atoms with Crippen LogP contribution in [-0.4, -0.2) is 29.4 Å². The van der Waals surface area contributed by atoms with Crippen LogP contribution in [0.15, 0.2) is 50.8 Å². The van der Waals surface area contributed by atoms with Crippen molar-refractivity contribution in [3.8, 4) is 23.0 Å². The monoisotopic (exact) mass is 407 g/mol. The molecule has 6 nitrogen and oxygen atoms in total. The molecular weight excluding hydrogens is 394 g/mol. The minimum absolute atomic E-state index is 0.450. The molecule has 2 heterocycles. The number of nitrogens with zero attached hydrogens (tertiary/aromatic N) is 3. The number of hydrogen-bond acceptors (Lipinski definition) is 7. The van der Waals surface area contributed by atoms with Crippen LogP contribution in [-0.2, 0) is 5.75 Å². The van der Waals surface area contributed by atoms with Gasteiger partial charge in [-0.25, -0.2) is 0 Å². The second-order valence-electron chi connectivity index (χ2n) is 4.70. The molecule has 0 atom stereocenters. The van der Waals surface area contributed by atoms with Crippen molar-refractivity contribution in [2.45, 2.75) is 11.0 Å². The van der Waals surface area contributed by atoms with Crippen molar-refractivity contribution in [1.29, 1.82) is 0 Å². The van der Waals surface area contributed by atoms with Gasteiger partial charge in [0.25, 0.3) is 5.22 Å². The minimum atomic E-state index is 0.450. The summed E-state index contributed by atoms with van der Waals surface area (Å²) in [4.78, 5) is 4.04. The Morgan fingerprint density at radius 3 is 2.71 bits per heavy atom. The van der Waals surface area contributed by atoms with Gasteiger partial charge in [0.05, 0.1) is 24.3 Å². The van der Waals surface area contributed by atoms with Gasteiger partial charge in [0.1, 0.15) is 11.5 Å². The van der Waals surface area contributed by atoms with Crippen LogP contribution in [0.3, 0.4) is 0 Å². The van der Waals surface area contributed by atoms with E-state index in [-0.39, 0.29) is 0 Å². The zero-order valence-electron chi connectivity index (χ0n) is 13.0. The van der Waals surface area contributed by atoms with Crippen molar-refractivity contribution in [1.82, 2.24) is 15.2 Å². The van der Waals surface area contributed by atoms with E-state index < -0.39 is 0 Å². The molecule has 0 N–H and O–H groups in total. The summed E-state index contributed by atoms with van der Waals surface area (Å²) < 4.78 is 17.2. The van der Waals surface area contributed by atoms with Gasteiger partial charge in [0, 0.05) is 23.7 Å². The normalized spacial score (nSPS) is 10.6. The molecular formula is C16H14BrN3O3S. The van der Waals surface area contributed by atoms with E-state index in [1.54, 1.807) is 26.6 Å². The Kier molecular flexibility index (Phi) is 5.37. The first-order valence-corrected chi connectivity index (χ1v) is 8.76. The molecule has 0 unspecified atom stereocenters. The third-order valence-electron chi connectivity index (χ3n) is 3.22. The molecule has 3 rings (SSSR count). The molecule has 0 saturated heterocycles. The van der Waals surface area contributed by atoms with E-state index in [1.165, 1.54) is 11.8 Å². The summed E-state index contributed by atoms with van der Waals surface area (Å²) >= 11 is 4.88. The molecule has 24 heavy (non-hydrogen) atoms. The van der Waals surface area contributed by atoms with Crippen molar-refractivity contribution in [3.05, 3.63) is 46.7 Å². The maximum atomic E-state index is 5.66. The molecule has 0 aliphatic carbocycles. The topological polar surface area (TPSA) is 70.3 Å². The molecule has 0 aliphatic rings. The number of pyridine rings is 1. The first-order chi connectivity index (χ1) is 11.7. The highest BCUT2D eigenvalue weighted by atomic mass is 79.9. The van der Waals surface area contributed by atoms with Crippen molar-refractivity contribution in [2.24, 2.45) is 0 Å². The number of hydrogen-bond donors (Lipinski definition) is 0. The summed E-state index contributed by atoms with van der Waals surface area (Å²) in [5, 5.41) is 8.59. The SMILES string of the molecule is COc1cc(CSc2nnc(-c3cccnc3)o2)c(OC)cc1Br. The van der Waals surface area contributed by atoms with Gasteiger partial charge in [0.15, 0.2) is 0 Å². The molecule has 3 aromatic rings. The van der Waals surface area contributed by atoms with Gasteiger partial charge in [-0.3, -0.25) is 4.98 Å². The van der Waals surface area contributed by atoms with Crippen LogP contribution in [0.1, 0.15) is 5.56 Å². The smallest absolute Gasteiger partial charge is 0.277 e. The molecule has 124 valence electrons. The van der Waals surface area contributed by atoms with Crippen LogP contribution in [0.2, 0.25) is 0 Å². The van der Waals surface area contributed by atoms with E-state index in [4.69, 9.17) is 13.9 Å². The summed E-state index contributed by atoms with van der Waals surface area (Å²) in [7, 11) is 3.26. The van der Waals surface area contributed by atoms with Gasteiger partial charge >= 0.3 is 0 Å². The number of benzene rings is 1. The Hall–Kier alpha value is -2.06. The lowest BCUT2D eigenvalue weighted by Crippen LogP contribution is -1.93. The van der Waals surface area contributed by atoms with Gasteiger partial charge in [0.2, 0.25) is 5.89 Å². The van der Waals surface area contributed by atoms with Crippen molar-refractivity contribution in [2.75, 3.05) is 14.2 Å². The molecule has 0 aliphatic heterocycles. The molecule has 0 saturated carbocycles. The fraction of sp³-hybridized carbons (Fsp3) is 0.188. The third-order valence-corrected chi connectivity index (χ3v) is 4.71. The highest BCUT2D eigenvalue weighted by Gasteiger charge is 2.13. The second kappa shape index (κ2) is 7.67. The number of halogens is 1. The van der Waals surface area contributed by atoms with Gasteiger partial charge in [-0.05, 0) is 40.2 Å². The molecule has 8 heteroatoms. The largest absolute Gasteiger partial charge is 0.496 e. The fourth-order valence-electron chi connectivity index (χ4n) is 2.05. The van der Waals surface area contributed by atoms with Crippen LogP contribution in [0.25, 0.3) is 11.5 Å². The van der Waals surface area contributed by atoms with Crippen molar-refractivity contribution >= 4 is 27.7 Å². The molecule has 0 bridgehead atoms. The van der Waals surface area contributed by atoms with Gasteiger partial charge < -0.3 is 13.9 Å². The van der Waals surface area contributed by atoms with E-state index in [1.807, 2.05) is 24.3 Å². The number of methoxy groups -OCH3 is 2. The highest BCUT2D eigenvalue weighted by Crippen LogP contribution is 2.36. The molecule has 0 radical (unpaired) electrons. The molecule has 0 fully saturated rings. The Bertz CT molecular complexity index is 827. The van der Waals surface area contributed by atoms with Crippen LogP contribution in [0.5, 0.6) is 11.5 Å². The van der Waals surface area contributed by atoms with E-state index in [0.29, 0.717) is 16.9 Å². The zero-order chi connectivity index (χ0) is 16.9. The average molecular weight is 408 g/mol. The zero-order valence-corrected chi connectivity index (χ0v) is 15.4. The summed E-state index contributed by atoms with van der Waals surface area (Å²) in [5.41, 5.74) is 1.77. The third kappa shape index (κ3) is 3.70. The quantitative estimate of drug-likeness (QED) is 0.566. The standard InChI is InChI=1S/C16H14BrN3O3S/c1-21-13-7-12(17)14(22-2)6-11(13)9-24-16-20-19-15(23-16)10-4-3-5-18-8-10/h3-8H,9H2,1-2H3. The summed E-state index contributed by atoms with van der Waals surface area (Å²) in [6.45, 7) is 0. The van der Waals surface area contributed by atoms with Crippen LogP contribution < -0.4 is 9.47 Å². The average Bonchev–Trinajstić information content (AvgIpc) is 3.10. The number of rotatable bonds is 6. The lowest BCUT2D eigenvalue weighted by Gasteiger charge is -2.11. The van der Waals surface area contributed by atoms with Crippen LogP contribution in [0.4, 0.5) is 0 Å². The predicted octanol–water partition coefficient (Wildman–Crippen LogP) is 4.20. The van der Waals surface area contributed by atoms with Crippen LogP contribution in [0, 0.1) is 0 Å². The number of aromatic nitrogens is 3. The summed E-state index contributed by atoms with van der Waals surface area (Å²) in [5.74, 6) is 2.57. The lowest BCUT2D eigenvalue weighted by atomic mass is 10.2. The summed E-state index contributed by atoms with van der Waals surface area (Å²) in [6.07, 6.45) is 3.38. The molecule has 1 aromatic carbocycles. The first-order valence-electron chi connectivity index (χ1n) is 6.98. The van der Waals surface area contributed by atoms with Gasteiger partial charge in [-0.1, -0.05) is 11.8 Å². The maximum Gasteiger partial charge on any atom is 0.277 e. The van der Waals surface area contributed by atoms with Crippen molar-refractivity contribution < 1.29 is 13.9 Å². The predicted molar refractivity (Wildman–Crippen MR) is 94.3 cm³/mol. The van der Waals surface area contributed by atoms with E-state index in [0.717, 1.165) is 27.1 Å². The molecule has 0 amide bonds. The molecule has 2 aromatic heterocycles. The number of ether oxygens (including phenoxy) is 2. The first kappa shape index (κ1) is 16.8. The van der Waals surface area contributed by atoms with Gasteiger partial charge in [-0.2, -0.15) is 0 Å². The van der Waals surface area contributed by atoms with E-state index in [2.05, 4.69) is 31.1 Å². The van der Waals surface area contributed by atoms with E-state index in [9.17, 15) is 0 Å². The van der Waals surface area contributed by atoms with Crippen molar-refractivity contribution in [3.63, 3.8) is 0 Å². The lowest BCUT2D eigenvalue weighted by molar-refractivity contribution is 0.398. The Labute approximate surface area is 151 Å². The van der Waals surface area contributed by atoms with Crippen LogP contribution >= 0.6 is 27.7 Å². The van der Waals surface area contributed by atoms with E-state index >= 15 is 0 Å².